The Morgan fingerprint density at radius 3 is 2.52 bits per heavy atom. The second-order valence-electron chi connectivity index (χ2n) is 4.71. The number of carbonyl (C=O) groups excluding carboxylic acids is 1. The summed E-state index contributed by atoms with van der Waals surface area (Å²) in [5.74, 6) is -1.82. The van der Waals surface area contributed by atoms with E-state index in [1.165, 1.54) is 36.4 Å². The molecule has 0 atom stereocenters. The Bertz CT molecular complexity index is 820. The van der Waals surface area contributed by atoms with E-state index in [-0.39, 0.29) is 27.5 Å². The second kappa shape index (κ2) is 6.45. The van der Waals surface area contributed by atoms with Gasteiger partial charge >= 0.3 is 5.97 Å². The van der Waals surface area contributed by atoms with E-state index in [4.69, 9.17) is 16.7 Å². The molecule has 0 saturated heterocycles. The van der Waals surface area contributed by atoms with E-state index in [1.807, 2.05) is 0 Å². The molecule has 2 N–H and O–H groups in total. The topological polar surface area (TPSA) is 110 Å². The number of nitro benzene ring substituents is 1. The van der Waals surface area contributed by atoms with Gasteiger partial charge in [0.2, 0.25) is 0 Å². The number of aromatic carboxylic acids is 1. The Labute approximate surface area is 135 Å². The van der Waals surface area contributed by atoms with E-state index in [2.05, 4.69) is 5.32 Å². The molecule has 0 aliphatic carbocycles. The summed E-state index contributed by atoms with van der Waals surface area (Å²) in [7, 11) is 0. The molecule has 0 bridgehead atoms. The number of carbonyl (C=O) groups is 2. The highest BCUT2D eigenvalue weighted by Gasteiger charge is 2.16. The third-order valence-corrected chi connectivity index (χ3v) is 3.45. The molecule has 8 heteroatoms. The van der Waals surface area contributed by atoms with E-state index < -0.39 is 16.8 Å². The third kappa shape index (κ3) is 3.64. The number of halogens is 1. The minimum Gasteiger partial charge on any atom is -0.478 e. The van der Waals surface area contributed by atoms with Gasteiger partial charge in [-0.15, -0.1) is 0 Å². The number of carboxylic acid groups (broad SMARTS) is 1. The van der Waals surface area contributed by atoms with Crippen molar-refractivity contribution in [2.75, 3.05) is 5.32 Å². The van der Waals surface area contributed by atoms with Gasteiger partial charge in [-0.3, -0.25) is 14.9 Å². The summed E-state index contributed by atoms with van der Waals surface area (Å²) in [6.45, 7) is 1.57. The lowest BCUT2D eigenvalue weighted by molar-refractivity contribution is -0.385. The first-order valence-corrected chi connectivity index (χ1v) is 6.76. The molecule has 0 aliphatic heterocycles. The number of anilines is 1. The van der Waals surface area contributed by atoms with E-state index in [0.717, 1.165) is 0 Å². The number of benzene rings is 2. The van der Waals surface area contributed by atoms with Crippen LogP contribution in [0.3, 0.4) is 0 Å². The molecule has 1 amide bonds. The minimum absolute atomic E-state index is 0.0430. The predicted octanol–water partition coefficient (Wildman–Crippen LogP) is 3.51. The Hall–Kier alpha value is -2.93. The maximum absolute atomic E-state index is 12.2. The van der Waals surface area contributed by atoms with Crippen LogP contribution in [-0.2, 0) is 0 Å². The van der Waals surface area contributed by atoms with E-state index in [9.17, 15) is 19.7 Å². The maximum Gasteiger partial charge on any atom is 0.337 e. The predicted molar refractivity (Wildman–Crippen MR) is 84.2 cm³/mol. The largest absolute Gasteiger partial charge is 0.478 e. The Kier molecular flexibility index (Phi) is 4.61. The number of aryl methyl sites for hydroxylation is 1. The molecule has 0 heterocycles. The zero-order valence-electron chi connectivity index (χ0n) is 11.9. The molecule has 0 aromatic heterocycles. The van der Waals surface area contributed by atoms with Crippen molar-refractivity contribution in [3.05, 3.63) is 68.2 Å². The standard InChI is InChI=1S/C15H11ClN2O5/c1-8-2-3-9(6-13(8)18(22)23)14(19)17-10-4-5-12(16)11(7-10)15(20)21/h2-7H,1H3,(H,17,19)(H,20,21). The van der Waals surface area contributed by atoms with Crippen LogP contribution in [0.2, 0.25) is 5.02 Å². The lowest BCUT2D eigenvalue weighted by Gasteiger charge is -2.08. The smallest absolute Gasteiger partial charge is 0.337 e. The lowest BCUT2D eigenvalue weighted by atomic mass is 10.1. The Morgan fingerprint density at radius 1 is 1.22 bits per heavy atom. The number of rotatable bonds is 4. The molecular formula is C15H11ClN2O5. The number of amides is 1. The summed E-state index contributed by atoms with van der Waals surface area (Å²) < 4.78 is 0. The van der Waals surface area contributed by atoms with Gasteiger partial charge in [0.25, 0.3) is 11.6 Å². The SMILES string of the molecule is Cc1ccc(C(=O)Nc2ccc(Cl)c(C(=O)O)c2)cc1[N+](=O)[O-]. The van der Waals surface area contributed by atoms with Crippen molar-refractivity contribution in [2.24, 2.45) is 0 Å². The fraction of sp³-hybridized carbons (Fsp3) is 0.0667. The average Bonchev–Trinajstić information content (AvgIpc) is 2.49. The molecule has 0 fully saturated rings. The first kappa shape index (κ1) is 16.4. The average molecular weight is 335 g/mol. The van der Waals surface area contributed by atoms with Gasteiger partial charge in [-0.25, -0.2) is 4.79 Å². The van der Waals surface area contributed by atoms with E-state index in [1.54, 1.807) is 6.92 Å². The quantitative estimate of drug-likeness (QED) is 0.656. The lowest BCUT2D eigenvalue weighted by Crippen LogP contribution is -2.13. The summed E-state index contributed by atoms with van der Waals surface area (Å²) in [5, 5.41) is 22.4. The summed E-state index contributed by atoms with van der Waals surface area (Å²) in [5.41, 5.74) is 0.430. The third-order valence-electron chi connectivity index (χ3n) is 3.12. The number of hydrogen-bond donors (Lipinski definition) is 2. The van der Waals surface area contributed by atoms with Crippen LogP contribution < -0.4 is 5.32 Å². The molecule has 2 rings (SSSR count). The van der Waals surface area contributed by atoms with Crippen LogP contribution in [0.25, 0.3) is 0 Å². The van der Waals surface area contributed by atoms with Gasteiger partial charge in [0, 0.05) is 22.9 Å². The van der Waals surface area contributed by atoms with Crippen molar-refractivity contribution in [1.82, 2.24) is 0 Å². The van der Waals surface area contributed by atoms with Crippen LogP contribution in [0.5, 0.6) is 0 Å². The zero-order chi connectivity index (χ0) is 17.1. The van der Waals surface area contributed by atoms with Crippen molar-refractivity contribution in [3.63, 3.8) is 0 Å². The number of carboxylic acids is 1. The van der Waals surface area contributed by atoms with Crippen molar-refractivity contribution in [1.29, 1.82) is 0 Å². The molecule has 23 heavy (non-hydrogen) atoms. The zero-order valence-corrected chi connectivity index (χ0v) is 12.6. The molecule has 118 valence electrons. The maximum atomic E-state index is 12.2. The van der Waals surface area contributed by atoms with Crippen LogP contribution in [0.1, 0.15) is 26.3 Å². The number of nitro groups is 1. The highest BCUT2D eigenvalue weighted by atomic mass is 35.5. The molecule has 7 nitrogen and oxygen atoms in total. The van der Waals surface area contributed by atoms with Crippen LogP contribution >= 0.6 is 11.6 Å². The van der Waals surface area contributed by atoms with E-state index >= 15 is 0 Å². The minimum atomic E-state index is -1.22. The van der Waals surface area contributed by atoms with Crippen molar-refractivity contribution in [3.8, 4) is 0 Å². The van der Waals surface area contributed by atoms with Gasteiger partial charge in [0.15, 0.2) is 0 Å². The Morgan fingerprint density at radius 2 is 1.91 bits per heavy atom. The summed E-state index contributed by atoms with van der Waals surface area (Å²) in [6, 6.07) is 8.08. The highest BCUT2D eigenvalue weighted by molar-refractivity contribution is 6.33. The normalized spacial score (nSPS) is 10.2. The number of hydrogen-bond acceptors (Lipinski definition) is 4. The van der Waals surface area contributed by atoms with Gasteiger partial charge in [-0.05, 0) is 31.2 Å². The number of nitrogens with one attached hydrogen (secondary N) is 1. The fourth-order valence-electron chi connectivity index (χ4n) is 1.92. The molecule has 2 aromatic carbocycles. The van der Waals surface area contributed by atoms with Crippen LogP contribution in [0.15, 0.2) is 36.4 Å². The monoisotopic (exact) mass is 334 g/mol. The molecule has 2 aromatic rings. The van der Waals surface area contributed by atoms with Gasteiger partial charge < -0.3 is 10.4 Å². The first-order valence-electron chi connectivity index (χ1n) is 6.39. The summed E-state index contributed by atoms with van der Waals surface area (Å²) in [6.07, 6.45) is 0. The first-order chi connectivity index (χ1) is 10.8. The van der Waals surface area contributed by atoms with Crippen LogP contribution in [-0.4, -0.2) is 21.9 Å². The second-order valence-corrected chi connectivity index (χ2v) is 5.12. The molecule has 0 radical (unpaired) electrons. The highest BCUT2D eigenvalue weighted by Crippen LogP contribution is 2.23. The molecular weight excluding hydrogens is 324 g/mol. The fourth-order valence-corrected chi connectivity index (χ4v) is 2.12. The van der Waals surface area contributed by atoms with Gasteiger partial charge in [0.1, 0.15) is 0 Å². The number of nitrogens with zero attached hydrogens (tertiary/aromatic N) is 1. The molecule has 0 aliphatic rings. The Balaban J connectivity index is 2.29. The molecule has 0 spiro atoms. The van der Waals surface area contributed by atoms with Crippen LogP contribution in [0.4, 0.5) is 11.4 Å². The molecule has 0 saturated carbocycles. The summed E-state index contributed by atoms with van der Waals surface area (Å²) >= 11 is 5.75. The van der Waals surface area contributed by atoms with E-state index in [0.29, 0.717) is 5.56 Å². The van der Waals surface area contributed by atoms with Gasteiger partial charge in [0.05, 0.1) is 15.5 Å². The van der Waals surface area contributed by atoms with Crippen molar-refractivity contribution >= 4 is 34.9 Å². The van der Waals surface area contributed by atoms with Gasteiger partial charge in [-0.1, -0.05) is 17.7 Å². The molecule has 0 unspecified atom stereocenters. The van der Waals surface area contributed by atoms with Crippen molar-refractivity contribution < 1.29 is 19.6 Å². The summed E-state index contributed by atoms with van der Waals surface area (Å²) in [4.78, 5) is 33.5. The van der Waals surface area contributed by atoms with Gasteiger partial charge in [-0.2, -0.15) is 0 Å². The van der Waals surface area contributed by atoms with Crippen LogP contribution in [0, 0.1) is 17.0 Å². The van der Waals surface area contributed by atoms with Crippen molar-refractivity contribution in [2.45, 2.75) is 6.92 Å².